The molecular weight excluding hydrogens is 292 g/mol. The fraction of sp³-hybridized carbons (Fsp3) is 0.389. The van der Waals surface area contributed by atoms with E-state index in [9.17, 15) is 14.4 Å². The van der Waals surface area contributed by atoms with Gasteiger partial charge >= 0.3 is 0 Å². The first-order valence-electron chi connectivity index (χ1n) is 7.84. The van der Waals surface area contributed by atoms with E-state index in [1.54, 1.807) is 0 Å². The molecule has 2 unspecified atom stereocenters. The lowest BCUT2D eigenvalue weighted by molar-refractivity contribution is -0.142. The highest BCUT2D eigenvalue weighted by Gasteiger charge is 2.47. The van der Waals surface area contributed by atoms with Crippen molar-refractivity contribution < 1.29 is 14.4 Å². The Morgan fingerprint density at radius 2 is 1.70 bits per heavy atom. The fourth-order valence-corrected chi connectivity index (χ4v) is 3.19. The zero-order chi connectivity index (χ0) is 16.6. The number of carbonyl (C=O) groups is 3. The Morgan fingerprint density at radius 3 is 2.26 bits per heavy atom. The van der Waals surface area contributed by atoms with E-state index in [2.05, 4.69) is 5.32 Å². The summed E-state index contributed by atoms with van der Waals surface area (Å²) in [5.41, 5.74) is 2.90. The molecule has 3 rings (SSSR count). The summed E-state index contributed by atoms with van der Waals surface area (Å²) in [5.74, 6) is -1.37. The molecule has 0 saturated carbocycles. The number of fused-ring (bicyclic) bond motifs is 1. The molecular formula is C18H20N2O3. The van der Waals surface area contributed by atoms with Gasteiger partial charge in [-0.15, -0.1) is 0 Å². The van der Waals surface area contributed by atoms with E-state index in [1.165, 1.54) is 0 Å². The lowest BCUT2D eigenvalue weighted by atomic mass is 9.85. The summed E-state index contributed by atoms with van der Waals surface area (Å²) < 4.78 is 0. The third kappa shape index (κ3) is 2.91. The SMILES string of the molecule is Cc1ccc(NC(=O)CN2C(=O)C3CC=CCC3C2=O)cc1C. The molecule has 0 spiro atoms. The molecule has 1 fully saturated rings. The summed E-state index contributed by atoms with van der Waals surface area (Å²) in [6.45, 7) is 3.76. The molecule has 23 heavy (non-hydrogen) atoms. The molecule has 2 atom stereocenters. The zero-order valence-electron chi connectivity index (χ0n) is 13.3. The lowest BCUT2D eigenvalue weighted by Gasteiger charge is -2.15. The number of anilines is 1. The quantitative estimate of drug-likeness (QED) is 0.687. The van der Waals surface area contributed by atoms with Gasteiger partial charge in [0.2, 0.25) is 17.7 Å². The number of rotatable bonds is 3. The van der Waals surface area contributed by atoms with Gasteiger partial charge < -0.3 is 5.32 Å². The predicted molar refractivity (Wildman–Crippen MR) is 86.6 cm³/mol. The van der Waals surface area contributed by atoms with E-state index in [4.69, 9.17) is 0 Å². The summed E-state index contributed by atoms with van der Waals surface area (Å²) in [6.07, 6.45) is 5.05. The molecule has 1 aromatic carbocycles. The summed E-state index contributed by atoms with van der Waals surface area (Å²) in [7, 11) is 0. The molecule has 5 nitrogen and oxygen atoms in total. The van der Waals surface area contributed by atoms with Crippen LogP contribution in [0.2, 0.25) is 0 Å². The first-order valence-corrected chi connectivity index (χ1v) is 7.84. The Hall–Kier alpha value is -2.43. The minimum Gasteiger partial charge on any atom is -0.325 e. The van der Waals surface area contributed by atoms with Crippen LogP contribution in [0.3, 0.4) is 0 Å². The number of allylic oxidation sites excluding steroid dienone is 2. The Kier molecular flexibility index (Phi) is 4.03. The first kappa shape index (κ1) is 15.5. The predicted octanol–water partition coefficient (Wildman–Crippen LogP) is 2.19. The number of nitrogens with one attached hydrogen (secondary N) is 1. The Bertz CT molecular complexity index is 682. The first-order chi connectivity index (χ1) is 11.0. The van der Waals surface area contributed by atoms with Gasteiger partial charge in [0.1, 0.15) is 6.54 Å². The van der Waals surface area contributed by atoms with Crippen molar-refractivity contribution in [1.82, 2.24) is 4.90 Å². The van der Waals surface area contributed by atoms with Gasteiger partial charge in [-0.2, -0.15) is 0 Å². The van der Waals surface area contributed by atoms with Crippen LogP contribution in [-0.4, -0.2) is 29.2 Å². The van der Waals surface area contributed by atoms with Crippen molar-refractivity contribution in [2.24, 2.45) is 11.8 Å². The van der Waals surface area contributed by atoms with Crippen molar-refractivity contribution in [2.75, 3.05) is 11.9 Å². The third-order valence-electron chi connectivity index (χ3n) is 4.69. The van der Waals surface area contributed by atoms with Gasteiger partial charge in [-0.3, -0.25) is 19.3 Å². The zero-order valence-corrected chi connectivity index (χ0v) is 13.3. The van der Waals surface area contributed by atoms with E-state index < -0.39 is 0 Å². The van der Waals surface area contributed by atoms with Gasteiger partial charge in [0.15, 0.2) is 0 Å². The number of hydrogen-bond donors (Lipinski definition) is 1. The minimum absolute atomic E-state index is 0.211. The number of amides is 3. The molecule has 2 aliphatic rings. The molecule has 0 aromatic heterocycles. The molecule has 1 N–H and O–H groups in total. The Morgan fingerprint density at radius 1 is 1.09 bits per heavy atom. The number of aryl methyl sites for hydroxylation is 2. The normalized spacial score (nSPS) is 23.1. The van der Waals surface area contributed by atoms with Crippen molar-refractivity contribution in [3.63, 3.8) is 0 Å². The highest BCUT2D eigenvalue weighted by molar-refractivity contribution is 6.08. The van der Waals surface area contributed by atoms with Crippen LogP contribution in [-0.2, 0) is 14.4 Å². The molecule has 3 amide bonds. The van der Waals surface area contributed by atoms with Gasteiger partial charge in [-0.05, 0) is 49.9 Å². The fourth-order valence-electron chi connectivity index (χ4n) is 3.19. The highest BCUT2D eigenvalue weighted by Crippen LogP contribution is 2.34. The molecule has 1 saturated heterocycles. The van der Waals surface area contributed by atoms with E-state index in [0.29, 0.717) is 18.5 Å². The van der Waals surface area contributed by atoms with Crippen molar-refractivity contribution >= 4 is 23.4 Å². The maximum Gasteiger partial charge on any atom is 0.244 e. The number of likely N-dealkylation sites (tertiary alicyclic amines) is 1. The van der Waals surface area contributed by atoms with Crippen LogP contribution in [0.5, 0.6) is 0 Å². The van der Waals surface area contributed by atoms with E-state index >= 15 is 0 Å². The molecule has 1 aromatic rings. The number of imide groups is 1. The standard InChI is InChI=1S/C18H20N2O3/c1-11-7-8-13(9-12(11)2)19-16(21)10-20-17(22)14-5-3-4-6-15(14)18(20)23/h3-4,7-9,14-15H,5-6,10H2,1-2H3,(H,19,21). The topological polar surface area (TPSA) is 66.5 Å². The van der Waals surface area contributed by atoms with E-state index in [0.717, 1.165) is 16.0 Å². The van der Waals surface area contributed by atoms with Crippen molar-refractivity contribution in [3.8, 4) is 0 Å². The minimum atomic E-state index is -0.346. The summed E-state index contributed by atoms with van der Waals surface area (Å²) >= 11 is 0. The number of nitrogens with zero attached hydrogens (tertiary/aromatic N) is 1. The number of hydrogen-bond acceptors (Lipinski definition) is 3. The van der Waals surface area contributed by atoms with Gasteiger partial charge in [0.25, 0.3) is 0 Å². The molecule has 1 aliphatic heterocycles. The number of carbonyl (C=O) groups excluding carboxylic acids is 3. The maximum absolute atomic E-state index is 12.3. The van der Waals surface area contributed by atoms with E-state index in [-0.39, 0.29) is 36.1 Å². The van der Waals surface area contributed by atoms with Crippen LogP contribution in [0.4, 0.5) is 5.69 Å². The average molecular weight is 312 g/mol. The van der Waals surface area contributed by atoms with Crippen LogP contribution in [0, 0.1) is 25.7 Å². The summed E-state index contributed by atoms with van der Waals surface area (Å²) in [4.78, 5) is 38.0. The second-order valence-electron chi connectivity index (χ2n) is 6.27. The second kappa shape index (κ2) is 5.99. The third-order valence-corrected chi connectivity index (χ3v) is 4.69. The van der Waals surface area contributed by atoms with Crippen LogP contribution < -0.4 is 5.32 Å². The molecule has 0 radical (unpaired) electrons. The van der Waals surface area contributed by atoms with Gasteiger partial charge in [0.05, 0.1) is 11.8 Å². The molecule has 1 heterocycles. The highest BCUT2D eigenvalue weighted by atomic mass is 16.2. The van der Waals surface area contributed by atoms with Crippen LogP contribution in [0.25, 0.3) is 0 Å². The van der Waals surface area contributed by atoms with Crippen LogP contribution in [0.15, 0.2) is 30.4 Å². The average Bonchev–Trinajstić information content (AvgIpc) is 2.76. The summed E-state index contributed by atoms with van der Waals surface area (Å²) in [5, 5.41) is 2.76. The molecule has 1 aliphatic carbocycles. The van der Waals surface area contributed by atoms with Crippen molar-refractivity contribution in [2.45, 2.75) is 26.7 Å². The van der Waals surface area contributed by atoms with Crippen molar-refractivity contribution in [1.29, 1.82) is 0 Å². The largest absolute Gasteiger partial charge is 0.325 e. The van der Waals surface area contributed by atoms with E-state index in [1.807, 2.05) is 44.2 Å². The Balaban J connectivity index is 1.67. The Labute approximate surface area is 135 Å². The molecule has 5 heteroatoms. The monoisotopic (exact) mass is 312 g/mol. The lowest BCUT2D eigenvalue weighted by Crippen LogP contribution is -2.38. The summed E-state index contributed by atoms with van der Waals surface area (Å²) in [6, 6.07) is 5.62. The van der Waals surface area contributed by atoms with Crippen LogP contribution >= 0.6 is 0 Å². The van der Waals surface area contributed by atoms with Gasteiger partial charge in [0, 0.05) is 5.69 Å². The number of benzene rings is 1. The smallest absolute Gasteiger partial charge is 0.244 e. The maximum atomic E-state index is 12.3. The van der Waals surface area contributed by atoms with Gasteiger partial charge in [-0.25, -0.2) is 0 Å². The van der Waals surface area contributed by atoms with Crippen LogP contribution in [0.1, 0.15) is 24.0 Å². The van der Waals surface area contributed by atoms with Gasteiger partial charge in [-0.1, -0.05) is 18.2 Å². The van der Waals surface area contributed by atoms with Crippen molar-refractivity contribution in [3.05, 3.63) is 41.5 Å². The molecule has 0 bridgehead atoms. The molecule has 120 valence electrons. The second-order valence-corrected chi connectivity index (χ2v) is 6.27.